The van der Waals surface area contributed by atoms with Crippen molar-refractivity contribution in [2.24, 2.45) is 23.2 Å². The third-order valence-electron chi connectivity index (χ3n) is 8.42. The number of cyclic esters (lactones) is 1. The van der Waals surface area contributed by atoms with Gasteiger partial charge in [-0.05, 0) is 50.0 Å². The van der Waals surface area contributed by atoms with Gasteiger partial charge in [0.15, 0.2) is 0 Å². The lowest BCUT2D eigenvalue weighted by Crippen LogP contribution is -2.44. The topological polar surface area (TPSA) is 83.9 Å². The van der Waals surface area contributed by atoms with E-state index in [0.717, 1.165) is 44.2 Å². The van der Waals surface area contributed by atoms with Gasteiger partial charge in [0.2, 0.25) is 5.91 Å². The lowest BCUT2D eigenvalue weighted by molar-refractivity contribution is -0.153. The molecule has 6 nitrogen and oxygen atoms in total. The van der Waals surface area contributed by atoms with Crippen molar-refractivity contribution in [1.82, 2.24) is 4.90 Å². The highest BCUT2D eigenvalue weighted by molar-refractivity contribution is 5.87. The molecule has 2 heterocycles. The highest BCUT2D eigenvalue weighted by Gasteiger charge is 2.41. The fraction of sp³-hybridized carbons (Fsp3) is 0.759. The average Bonchev–Trinajstić information content (AvgIpc) is 3.26. The van der Waals surface area contributed by atoms with Gasteiger partial charge >= 0.3 is 5.97 Å². The zero-order valence-electron chi connectivity index (χ0n) is 22.9. The molecule has 0 aromatic carbocycles. The largest absolute Gasteiger partial charge is 0.457 e. The zero-order valence-corrected chi connectivity index (χ0v) is 22.9. The Labute approximate surface area is 212 Å². The lowest BCUT2D eigenvalue weighted by atomic mass is 9.70. The third kappa shape index (κ3) is 7.77. The van der Waals surface area contributed by atoms with E-state index >= 15 is 0 Å². The normalized spacial score (nSPS) is 35.0. The molecule has 0 spiro atoms. The second kappa shape index (κ2) is 12.8. The number of rotatable bonds is 2. The van der Waals surface area contributed by atoms with E-state index in [9.17, 15) is 19.5 Å². The van der Waals surface area contributed by atoms with Gasteiger partial charge in [-0.15, -0.1) is 0 Å². The maximum atomic E-state index is 13.3. The molecular weight excluding hydrogens is 442 g/mol. The van der Waals surface area contributed by atoms with Crippen LogP contribution in [0.3, 0.4) is 0 Å². The number of ketones is 1. The number of nitrogens with zero attached hydrogens (tertiary/aromatic N) is 1. The molecule has 6 atom stereocenters. The van der Waals surface area contributed by atoms with Crippen molar-refractivity contribution in [3.63, 3.8) is 0 Å². The summed E-state index contributed by atoms with van der Waals surface area (Å²) < 4.78 is 5.85. The molecule has 198 valence electrons. The molecule has 0 radical (unpaired) electrons. The summed E-state index contributed by atoms with van der Waals surface area (Å²) in [5.41, 5.74) is -0.140. The van der Waals surface area contributed by atoms with Crippen molar-refractivity contribution in [3.8, 4) is 0 Å². The summed E-state index contributed by atoms with van der Waals surface area (Å²) in [6, 6.07) is 0.0163. The molecule has 35 heavy (non-hydrogen) atoms. The number of aliphatic hydroxyl groups is 1. The molecule has 1 amide bonds. The van der Waals surface area contributed by atoms with Crippen LogP contribution < -0.4 is 0 Å². The summed E-state index contributed by atoms with van der Waals surface area (Å²) in [4.78, 5) is 40.0. The standard InChI is InChI=1S/C29H47NO5/c1-19-13-10-8-9-11-15-25(20(2)17-24-14-12-16-30(24)23(5)31)35-27(33)18-26(32)29(6,7)28(34)22(4)21(19)3/h9,11,17,19,21-22,24-26,32H,8,10,12-16,18H2,1-7H3/b11-9-,20-17+/t19-,21-,22+,24?,25-,26-/m0/s1. The van der Waals surface area contributed by atoms with Gasteiger partial charge in [0.05, 0.1) is 24.0 Å². The highest BCUT2D eigenvalue weighted by Crippen LogP contribution is 2.35. The average molecular weight is 490 g/mol. The molecule has 0 bridgehead atoms. The number of Topliss-reactive ketones (excluding diaryl/α,β-unsaturated/α-hetero) is 1. The summed E-state index contributed by atoms with van der Waals surface area (Å²) in [5.74, 6) is -0.0911. The number of hydrogen-bond donors (Lipinski definition) is 1. The number of esters is 1. The fourth-order valence-electron chi connectivity index (χ4n) is 5.36. The number of carbonyl (C=O) groups is 3. The van der Waals surface area contributed by atoms with Crippen LogP contribution in [-0.4, -0.2) is 52.5 Å². The van der Waals surface area contributed by atoms with E-state index in [-0.39, 0.29) is 36.0 Å². The van der Waals surface area contributed by atoms with Crippen LogP contribution in [0.4, 0.5) is 0 Å². The van der Waals surface area contributed by atoms with Gasteiger partial charge in [-0.3, -0.25) is 14.4 Å². The second-order valence-corrected chi connectivity index (χ2v) is 11.4. The molecule has 1 fully saturated rings. The van der Waals surface area contributed by atoms with Crippen molar-refractivity contribution < 1.29 is 24.2 Å². The monoisotopic (exact) mass is 489 g/mol. The number of amides is 1. The van der Waals surface area contributed by atoms with Gasteiger partial charge in [0.1, 0.15) is 11.9 Å². The second-order valence-electron chi connectivity index (χ2n) is 11.4. The maximum Gasteiger partial charge on any atom is 0.309 e. The van der Waals surface area contributed by atoms with Crippen molar-refractivity contribution in [2.45, 2.75) is 112 Å². The smallest absolute Gasteiger partial charge is 0.309 e. The van der Waals surface area contributed by atoms with Gasteiger partial charge in [-0.2, -0.15) is 0 Å². The summed E-state index contributed by atoms with van der Waals surface area (Å²) in [6.07, 6.45) is 9.85. The van der Waals surface area contributed by atoms with Crippen molar-refractivity contribution in [3.05, 3.63) is 23.8 Å². The minimum absolute atomic E-state index is 0.0117. The van der Waals surface area contributed by atoms with Crippen LogP contribution in [-0.2, 0) is 19.1 Å². The maximum absolute atomic E-state index is 13.3. The Morgan fingerprint density at radius 1 is 1.11 bits per heavy atom. The van der Waals surface area contributed by atoms with Crippen LogP contribution in [0.2, 0.25) is 0 Å². The Morgan fingerprint density at radius 3 is 2.46 bits per heavy atom. The van der Waals surface area contributed by atoms with E-state index in [4.69, 9.17) is 4.74 Å². The van der Waals surface area contributed by atoms with Crippen LogP contribution >= 0.6 is 0 Å². The van der Waals surface area contributed by atoms with Crippen LogP contribution in [0.1, 0.15) is 93.4 Å². The molecule has 2 aliphatic heterocycles. The first-order chi connectivity index (χ1) is 16.4. The van der Waals surface area contributed by atoms with E-state index < -0.39 is 23.6 Å². The first kappa shape index (κ1) is 29.3. The molecule has 1 unspecified atom stereocenters. The molecule has 1 saturated heterocycles. The Bertz CT molecular complexity index is 814. The lowest BCUT2D eigenvalue weighted by Gasteiger charge is -2.35. The van der Waals surface area contributed by atoms with Crippen LogP contribution in [0.5, 0.6) is 0 Å². The molecule has 0 aliphatic carbocycles. The molecule has 0 saturated carbocycles. The number of likely N-dealkylation sites (tertiary alicyclic amines) is 1. The minimum atomic E-state index is -1.12. The number of allylic oxidation sites excluding steroid dienone is 1. The van der Waals surface area contributed by atoms with E-state index in [0.29, 0.717) is 12.3 Å². The van der Waals surface area contributed by atoms with E-state index in [2.05, 4.69) is 26.0 Å². The Kier molecular flexibility index (Phi) is 10.7. The fourth-order valence-corrected chi connectivity index (χ4v) is 5.36. The summed E-state index contributed by atoms with van der Waals surface area (Å²) in [5, 5.41) is 10.9. The summed E-state index contributed by atoms with van der Waals surface area (Å²) >= 11 is 0. The van der Waals surface area contributed by atoms with E-state index in [1.54, 1.807) is 20.8 Å². The predicted octanol–water partition coefficient (Wildman–Crippen LogP) is 5.24. The first-order valence-electron chi connectivity index (χ1n) is 13.4. The van der Waals surface area contributed by atoms with E-state index in [1.807, 2.05) is 24.8 Å². The minimum Gasteiger partial charge on any atom is -0.457 e. The quantitative estimate of drug-likeness (QED) is 0.424. The van der Waals surface area contributed by atoms with Gasteiger partial charge in [-0.1, -0.05) is 59.3 Å². The Hall–Kier alpha value is -1.95. The van der Waals surface area contributed by atoms with Crippen molar-refractivity contribution in [1.29, 1.82) is 0 Å². The summed E-state index contributed by atoms with van der Waals surface area (Å²) in [6.45, 7) is 14.0. The number of carbonyl (C=O) groups excluding carboxylic acids is 3. The third-order valence-corrected chi connectivity index (χ3v) is 8.42. The molecule has 2 aliphatic rings. The molecule has 1 N–H and O–H groups in total. The molecule has 6 heteroatoms. The zero-order chi connectivity index (χ0) is 26.3. The van der Waals surface area contributed by atoms with Gasteiger partial charge in [0, 0.05) is 25.8 Å². The molecule has 0 aromatic heterocycles. The van der Waals surface area contributed by atoms with Crippen molar-refractivity contribution in [2.75, 3.05) is 6.54 Å². The summed E-state index contributed by atoms with van der Waals surface area (Å²) in [7, 11) is 0. The highest BCUT2D eigenvalue weighted by atomic mass is 16.5. The van der Waals surface area contributed by atoms with Gasteiger partial charge in [-0.25, -0.2) is 0 Å². The first-order valence-corrected chi connectivity index (χ1v) is 13.4. The number of ether oxygens (including phenoxy) is 1. The van der Waals surface area contributed by atoms with Gasteiger partial charge in [0.25, 0.3) is 0 Å². The van der Waals surface area contributed by atoms with Crippen LogP contribution in [0.25, 0.3) is 0 Å². The van der Waals surface area contributed by atoms with E-state index in [1.165, 1.54) is 0 Å². The predicted molar refractivity (Wildman–Crippen MR) is 139 cm³/mol. The number of aliphatic hydroxyl groups excluding tert-OH is 1. The SMILES string of the molecule is CC(=O)N1CCCC1/C=C(\C)[C@@H]1C/C=C\CCC[C@H](C)[C@H](C)[C@@H](C)C(=O)C(C)(C)[C@@H](O)CC(=O)O1. The van der Waals surface area contributed by atoms with Gasteiger partial charge < -0.3 is 14.7 Å². The van der Waals surface area contributed by atoms with Crippen LogP contribution in [0.15, 0.2) is 23.8 Å². The molecule has 2 rings (SSSR count). The number of hydrogen-bond acceptors (Lipinski definition) is 5. The van der Waals surface area contributed by atoms with Crippen LogP contribution in [0, 0.1) is 23.2 Å². The molecule has 0 aromatic rings. The molecular formula is C29H47NO5. The van der Waals surface area contributed by atoms with Crippen molar-refractivity contribution >= 4 is 17.7 Å². The Morgan fingerprint density at radius 2 is 1.80 bits per heavy atom. The Balaban J connectivity index is 2.26.